The molecule has 0 radical (unpaired) electrons. The molecule has 0 saturated carbocycles. The highest BCUT2D eigenvalue weighted by Gasteiger charge is 2.05. The Balaban J connectivity index is 2.46. The summed E-state index contributed by atoms with van der Waals surface area (Å²) in [6, 6.07) is 8.07. The molecule has 0 spiro atoms. The molecule has 1 aromatic rings. The summed E-state index contributed by atoms with van der Waals surface area (Å²) in [5, 5.41) is 0.748. The first-order valence-electron chi connectivity index (χ1n) is 7.96. The largest absolute Gasteiger partial charge is 0.497 e. The first kappa shape index (κ1) is 17.9. The summed E-state index contributed by atoms with van der Waals surface area (Å²) in [7, 11) is 1.69. The van der Waals surface area contributed by atoms with Crippen molar-refractivity contribution in [2.45, 2.75) is 51.2 Å². The summed E-state index contributed by atoms with van der Waals surface area (Å²) >= 11 is 2.12. The van der Waals surface area contributed by atoms with Crippen molar-refractivity contribution in [2.75, 3.05) is 12.9 Å². The molecule has 0 aromatic heterocycles. The van der Waals surface area contributed by atoms with Gasteiger partial charge in [-0.1, -0.05) is 38.8 Å². The van der Waals surface area contributed by atoms with Crippen LogP contribution in [0.25, 0.3) is 6.08 Å². The van der Waals surface area contributed by atoms with Crippen molar-refractivity contribution >= 4 is 17.8 Å². The van der Waals surface area contributed by atoms with E-state index in [1.54, 1.807) is 7.11 Å². The van der Waals surface area contributed by atoms with Gasteiger partial charge in [-0.25, -0.2) is 0 Å². The maximum atomic E-state index is 5.16. The fourth-order valence-electron chi connectivity index (χ4n) is 2.04. The molecule has 1 nitrogen and oxygen atoms in total. The fourth-order valence-corrected chi connectivity index (χ4v) is 3.46. The number of methoxy groups -OCH3 is 1. The Hall–Kier alpha value is -1.11. The number of thioether (sulfide) groups is 1. The van der Waals surface area contributed by atoms with Crippen LogP contribution < -0.4 is 4.74 Å². The van der Waals surface area contributed by atoms with Crippen molar-refractivity contribution in [3.8, 4) is 5.75 Å². The molecule has 0 fully saturated rings. The van der Waals surface area contributed by atoms with Crippen LogP contribution in [0.15, 0.2) is 36.1 Å². The molecule has 2 heteroatoms. The van der Waals surface area contributed by atoms with Gasteiger partial charge in [0.2, 0.25) is 0 Å². The second-order valence-electron chi connectivity index (χ2n) is 5.16. The van der Waals surface area contributed by atoms with Gasteiger partial charge in [-0.2, -0.15) is 11.8 Å². The van der Waals surface area contributed by atoms with Crippen LogP contribution in [0.2, 0.25) is 0 Å². The first-order chi connectivity index (χ1) is 10.3. The predicted molar refractivity (Wildman–Crippen MR) is 96.2 cm³/mol. The number of ether oxygens (including phenoxy) is 1. The number of benzene rings is 1. The molecular formula is C19H28OS. The monoisotopic (exact) mass is 304 g/mol. The third-order valence-electron chi connectivity index (χ3n) is 3.33. The first-order valence-corrected chi connectivity index (χ1v) is 9.01. The van der Waals surface area contributed by atoms with E-state index in [9.17, 15) is 0 Å². The van der Waals surface area contributed by atoms with Gasteiger partial charge in [0.1, 0.15) is 5.75 Å². The average Bonchev–Trinajstić information content (AvgIpc) is 2.52. The molecular weight excluding hydrogens is 276 g/mol. The van der Waals surface area contributed by atoms with E-state index in [2.05, 4.69) is 49.5 Å². The molecule has 0 N–H and O–H groups in total. The van der Waals surface area contributed by atoms with Gasteiger partial charge in [-0.05, 0) is 54.9 Å². The van der Waals surface area contributed by atoms with Crippen LogP contribution in [0.1, 0.15) is 51.5 Å². The average molecular weight is 304 g/mol. The summed E-state index contributed by atoms with van der Waals surface area (Å²) in [4.78, 5) is 0. The van der Waals surface area contributed by atoms with Crippen molar-refractivity contribution in [2.24, 2.45) is 0 Å². The van der Waals surface area contributed by atoms with E-state index in [1.165, 1.54) is 31.4 Å². The molecule has 1 unspecified atom stereocenters. The van der Waals surface area contributed by atoms with Crippen LogP contribution >= 0.6 is 11.8 Å². The lowest BCUT2D eigenvalue weighted by molar-refractivity contribution is 0.415. The molecule has 1 rings (SSSR count). The van der Waals surface area contributed by atoms with Crippen LogP contribution in [0.4, 0.5) is 0 Å². The SMILES string of the molecule is CCCCSC(CC=C=Cc1ccc(OC)cc1)CCC. The molecule has 0 aliphatic rings. The maximum absolute atomic E-state index is 5.16. The number of unbranched alkanes of at least 4 members (excludes halogenated alkanes) is 1. The number of allylic oxidation sites excluding steroid dienone is 1. The van der Waals surface area contributed by atoms with Crippen LogP contribution in [0, 0.1) is 0 Å². The molecule has 0 bridgehead atoms. The molecule has 0 aliphatic heterocycles. The Labute approximate surface area is 134 Å². The minimum atomic E-state index is 0.748. The zero-order valence-corrected chi connectivity index (χ0v) is 14.4. The third-order valence-corrected chi connectivity index (χ3v) is 4.75. The Bertz CT molecular complexity index is 429. The lowest BCUT2D eigenvalue weighted by Gasteiger charge is -2.12. The molecule has 1 atom stereocenters. The van der Waals surface area contributed by atoms with Crippen molar-refractivity contribution in [1.29, 1.82) is 0 Å². The Morgan fingerprint density at radius 2 is 1.95 bits per heavy atom. The van der Waals surface area contributed by atoms with Gasteiger partial charge < -0.3 is 4.74 Å². The van der Waals surface area contributed by atoms with E-state index in [4.69, 9.17) is 4.74 Å². The van der Waals surface area contributed by atoms with Crippen molar-refractivity contribution in [1.82, 2.24) is 0 Å². The number of rotatable bonds is 10. The molecule has 21 heavy (non-hydrogen) atoms. The standard InChI is InChI=1S/C19H28OS/c1-4-6-16-21-19(9-5-2)11-8-7-10-17-12-14-18(20-3)15-13-17/h8,10,12-15,19H,4-6,9,11,16H2,1-3H3. The van der Waals surface area contributed by atoms with Gasteiger partial charge >= 0.3 is 0 Å². The summed E-state index contributed by atoms with van der Waals surface area (Å²) in [5.74, 6) is 2.18. The maximum Gasteiger partial charge on any atom is 0.118 e. The summed E-state index contributed by atoms with van der Waals surface area (Å²) < 4.78 is 5.16. The Kier molecular flexibility index (Phi) is 9.86. The highest BCUT2D eigenvalue weighted by atomic mass is 32.2. The van der Waals surface area contributed by atoms with E-state index >= 15 is 0 Å². The van der Waals surface area contributed by atoms with Crippen LogP contribution in [0.5, 0.6) is 5.75 Å². The lowest BCUT2D eigenvalue weighted by Crippen LogP contribution is -2.01. The Morgan fingerprint density at radius 3 is 2.57 bits per heavy atom. The summed E-state index contributed by atoms with van der Waals surface area (Å²) in [5.41, 5.74) is 4.48. The van der Waals surface area contributed by atoms with E-state index < -0.39 is 0 Å². The smallest absolute Gasteiger partial charge is 0.118 e. The molecule has 0 aliphatic carbocycles. The van der Waals surface area contributed by atoms with Gasteiger partial charge in [0, 0.05) is 5.25 Å². The van der Waals surface area contributed by atoms with E-state index in [-0.39, 0.29) is 0 Å². The lowest BCUT2D eigenvalue weighted by atomic mass is 10.2. The third kappa shape index (κ3) is 8.04. The van der Waals surface area contributed by atoms with Gasteiger partial charge in [0.05, 0.1) is 7.11 Å². The van der Waals surface area contributed by atoms with Crippen LogP contribution in [-0.4, -0.2) is 18.1 Å². The quantitative estimate of drug-likeness (QED) is 0.390. The van der Waals surface area contributed by atoms with Crippen molar-refractivity contribution < 1.29 is 4.74 Å². The highest BCUT2D eigenvalue weighted by Crippen LogP contribution is 2.21. The van der Waals surface area contributed by atoms with Crippen LogP contribution in [0.3, 0.4) is 0 Å². The molecule has 1 aromatic carbocycles. The molecule has 116 valence electrons. The predicted octanol–water partition coefficient (Wildman–Crippen LogP) is 5.96. The fraction of sp³-hybridized carbons (Fsp3) is 0.526. The van der Waals surface area contributed by atoms with E-state index in [0.29, 0.717) is 0 Å². The topological polar surface area (TPSA) is 9.23 Å². The summed E-state index contributed by atoms with van der Waals surface area (Å²) in [6.07, 6.45) is 10.5. The highest BCUT2D eigenvalue weighted by molar-refractivity contribution is 7.99. The zero-order valence-electron chi connectivity index (χ0n) is 13.6. The second kappa shape index (κ2) is 11.5. The molecule has 0 saturated heterocycles. The minimum Gasteiger partial charge on any atom is -0.497 e. The number of hydrogen-bond acceptors (Lipinski definition) is 2. The Morgan fingerprint density at radius 1 is 1.19 bits per heavy atom. The summed E-state index contributed by atoms with van der Waals surface area (Å²) in [6.45, 7) is 4.52. The van der Waals surface area contributed by atoms with Gasteiger partial charge in [-0.3, -0.25) is 0 Å². The van der Waals surface area contributed by atoms with Crippen molar-refractivity contribution in [3.63, 3.8) is 0 Å². The normalized spacial score (nSPS) is 11.6. The van der Waals surface area contributed by atoms with Crippen molar-refractivity contribution in [3.05, 3.63) is 41.6 Å². The van der Waals surface area contributed by atoms with E-state index in [1.807, 2.05) is 18.2 Å². The van der Waals surface area contributed by atoms with Gasteiger partial charge in [-0.15, -0.1) is 5.73 Å². The second-order valence-corrected chi connectivity index (χ2v) is 6.57. The zero-order chi connectivity index (χ0) is 15.3. The molecule has 0 heterocycles. The number of hydrogen-bond donors (Lipinski definition) is 0. The van der Waals surface area contributed by atoms with Crippen LogP contribution in [-0.2, 0) is 0 Å². The molecule has 0 amide bonds. The van der Waals surface area contributed by atoms with Gasteiger partial charge in [0.25, 0.3) is 0 Å². The van der Waals surface area contributed by atoms with E-state index in [0.717, 1.165) is 23.0 Å². The van der Waals surface area contributed by atoms with Gasteiger partial charge in [0.15, 0.2) is 0 Å². The minimum absolute atomic E-state index is 0.748.